The third-order valence-electron chi connectivity index (χ3n) is 7.35. The van der Waals surface area contributed by atoms with Gasteiger partial charge in [-0.2, -0.15) is 13.2 Å². The van der Waals surface area contributed by atoms with Crippen LogP contribution in [-0.2, 0) is 12.7 Å². The molecule has 2 aliphatic heterocycles. The first kappa shape index (κ1) is 26.9. The van der Waals surface area contributed by atoms with Gasteiger partial charge in [-0.15, -0.1) is 0 Å². The summed E-state index contributed by atoms with van der Waals surface area (Å²) in [6, 6.07) is 9.78. The first-order valence-electron chi connectivity index (χ1n) is 13.3. The fourth-order valence-corrected chi connectivity index (χ4v) is 5.10. The number of nitrogens with one attached hydrogen (secondary N) is 1. The normalized spacial score (nSPS) is 17.7. The van der Waals surface area contributed by atoms with E-state index in [1.54, 1.807) is 12.4 Å². The number of hydrogen-bond acceptors (Lipinski definition) is 7. The molecule has 0 bridgehead atoms. The predicted molar refractivity (Wildman–Crippen MR) is 144 cm³/mol. The van der Waals surface area contributed by atoms with E-state index < -0.39 is 11.7 Å². The molecule has 206 valence electrons. The van der Waals surface area contributed by atoms with E-state index in [0.29, 0.717) is 30.7 Å². The van der Waals surface area contributed by atoms with Crippen LogP contribution in [0.4, 0.5) is 18.9 Å². The molecule has 0 spiro atoms. The highest BCUT2D eigenvalue weighted by Gasteiger charge is 2.30. The largest absolute Gasteiger partial charge is 0.473 e. The molecular weight excluding hydrogens is 505 g/mol. The molecule has 10 heteroatoms. The zero-order chi connectivity index (χ0) is 27.2. The summed E-state index contributed by atoms with van der Waals surface area (Å²) in [7, 11) is 0. The van der Waals surface area contributed by atoms with Gasteiger partial charge >= 0.3 is 6.18 Å². The molecule has 2 aliphatic rings. The van der Waals surface area contributed by atoms with Crippen LogP contribution < -0.4 is 15.0 Å². The van der Waals surface area contributed by atoms with Crippen LogP contribution in [-0.4, -0.2) is 58.2 Å². The number of nitrogens with zero attached hydrogens (tertiary/aromatic N) is 5. The van der Waals surface area contributed by atoms with Gasteiger partial charge in [-0.25, -0.2) is 9.97 Å². The summed E-state index contributed by atoms with van der Waals surface area (Å²) in [5.41, 5.74) is 2.89. The molecule has 0 radical (unpaired) electrons. The van der Waals surface area contributed by atoms with Crippen molar-refractivity contribution in [3.63, 3.8) is 0 Å². The maximum atomic E-state index is 12.8. The van der Waals surface area contributed by atoms with Gasteiger partial charge in [-0.1, -0.05) is 6.58 Å². The smallest absolute Gasteiger partial charge is 0.416 e. The van der Waals surface area contributed by atoms with Crippen molar-refractivity contribution in [1.82, 2.24) is 25.2 Å². The SMILES string of the molecule is C=C(NC1CCN(Cc2ccncc2)CC1)c1cnc(OC2CCN(c3ccc(C(F)(F)F)cc3)CC2)cn1. The second-order valence-corrected chi connectivity index (χ2v) is 10.1. The van der Waals surface area contributed by atoms with Crippen LogP contribution in [0.1, 0.15) is 42.5 Å². The van der Waals surface area contributed by atoms with Crippen LogP contribution >= 0.6 is 0 Å². The molecule has 3 aromatic rings. The van der Waals surface area contributed by atoms with Crippen molar-refractivity contribution in [2.24, 2.45) is 0 Å². The van der Waals surface area contributed by atoms with Crippen LogP contribution in [0.15, 0.2) is 67.8 Å². The van der Waals surface area contributed by atoms with Gasteiger partial charge in [-0.3, -0.25) is 9.88 Å². The van der Waals surface area contributed by atoms with E-state index in [1.807, 2.05) is 12.4 Å². The Bertz CT molecular complexity index is 1200. The number of benzene rings is 1. The van der Waals surface area contributed by atoms with Gasteiger partial charge in [0, 0.05) is 69.7 Å². The van der Waals surface area contributed by atoms with E-state index >= 15 is 0 Å². The third-order valence-corrected chi connectivity index (χ3v) is 7.35. The van der Waals surface area contributed by atoms with Crippen molar-refractivity contribution in [1.29, 1.82) is 0 Å². The Morgan fingerprint density at radius 2 is 1.62 bits per heavy atom. The monoisotopic (exact) mass is 538 g/mol. The zero-order valence-corrected chi connectivity index (χ0v) is 21.8. The predicted octanol–water partition coefficient (Wildman–Crippen LogP) is 5.16. The van der Waals surface area contributed by atoms with Gasteiger partial charge < -0.3 is 15.0 Å². The molecule has 2 aromatic heterocycles. The average molecular weight is 539 g/mol. The van der Waals surface area contributed by atoms with E-state index in [2.05, 4.69) is 48.8 Å². The van der Waals surface area contributed by atoms with Crippen molar-refractivity contribution < 1.29 is 17.9 Å². The fourth-order valence-electron chi connectivity index (χ4n) is 5.10. The van der Waals surface area contributed by atoms with Crippen molar-refractivity contribution in [3.8, 4) is 5.88 Å². The van der Waals surface area contributed by atoms with Gasteiger partial charge in [0.05, 0.1) is 23.7 Å². The molecule has 39 heavy (non-hydrogen) atoms. The van der Waals surface area contributed by atoms with Gasteiger partial charge in [0.1, 0.15) is 11.8 Å². The molecule has 4 heterocycles. The number of rotatable bonds is 8. The summed E-state index contributed by atoms with van der Waals surface area (Å²) >= 11 is 0. The number of piperidine rings is 2. The summed E-state index contributed by atoms with van der Waals surface area (Å²) in [5, 5.41) is 3.51. The van der Waals surface area contributed by atoms with E-state index in [9.17, 15) is 13.2 Å². The lowest BCUT2D eigenvalue weighted by Gasteiger charge is -2.33. The summed E-state index contributed by atoms with van der Waals surface area (Å²) in [6.07, 6.45) is 6.19. The lowest BCUT2D eigenvalue weighted by Crippen LogP contribution is -2.41. The minimum atomic E-state index is -4.32. The fraction of sp³-hybridized carbons (Fsp3) is 0.414. The van der Waals surface area contributed by atoms with Crippen LogP contribution in [0.3, 0.4) is 0 Å². The third kappa shape index (κ3) is 7.26. The highest BCUT2D eigenvalue weighted by Crippen LogP contribution is 2.31. The van der Waals surface area contributed by atoms with Crippen LogP contribution in [0.25, 0.3) is 5.70 Å². The zero-order valence-electron chi connectivity index (χ0n) is 21.8. The van der Waals surface area contributed by atoms with Crippen molar-refractivity contribution in [2.75, 3.05) is 31.1 Å². The summed E-state index contributed by atoms with van der Waals surface area (Å²) in [6.45, 7) is 8.54. The van der Waals surface area contributed by atoms with Crippen molar-refractivity contribution >= 4 is 11.4 Å². The molecule has 0 saturated carbocycles. The number of hydrogen-bond donors (Lipinski definition) is 1. The molecule has 0 atom stereocenters. The maximum absolute atomic E-state index is 12.8. The standard InChI is InChI=1S/C29H33F3N6O/c1-21(36-24-8-14-37(15-9-24)20-22-6-12-33-13-7-22)27-18-35-28(19-34-27)39-26-10-16-38(17-11-26)25-4-2-23(3-5-25)29(30,31)32/h2-7,12-13,18-19,24,26,36H,1,8-11,14-17,20H2. The number of likely N-dealkylation sites (tertiary alicyclic amines) is 1. The summed E-state index contributed by atoms with van der Waals surface area (Å²) in [4.78, 5) is 17.6. The molecule has 5 rings (SSSR count). The number of pyridine rings is 1. The number of aromatic nitrogens is 3. The van der Waals surface area contributed by atoms with E-state index in [1.165, 1.54) is 17.7 Å². The molecule has 2 fully saturated rings. The molecule has 2 saturated heterocycles. The Hall–Kier alpha value is -3.66. The molecule has 1 aromatic carbocycles. The molecule has 0 amide bonds. The maximum Gasteiger partial charge on any atom is 0.416 e. The number of halogens is 3. The summed E-state index contributed by atoms with van der Waals surface area (Å²) < 4.78 is 44.5. The Morgan fingerprint density at radius 1 is 0.923 bits per heavy atom. The summed E-state index contributed by atoms with van der Waals surface area (Å²) in [5.74, 6) is 0.462. The number of alkyl halides is 3. The Kier molecular flexibility index (Phi) is 8.30. The topological polar surface area (TPSA) is 66.4 Å². The number of ether oxygens (including phenoxy) is 1. The van der Waals surface area contributed by atoms with E-state index in [0.717, 1.165) is 68.8 Å². The molecule has 1 N–H and O–H groups in total. The Labute approximate surface area is 226 Å². The lowest BCUT2D eigenvalue weighted by atomic mass is 10.0. The van der Waals surface area contributed by atoms with E-state index in [-0.39, 0.29) is 6.10 Å². The van der Waals surface area contributed by atoms with Crippen LogP contribution in [0.2, 0.25) is 0 Å². The van der Waals surface area contributed by atoms with Crippen LogP contribution in [0, 0.1) is 0 Å². The minimum Gasteiger partial charge on any atom is -0.473 e. The highest BCUT2D eigenvalue weighted by molar-refractivity contribution is 5.57. The number of anilines is 1. The molecule has 0 aliphatic carbocycles. The first-order chi connectivity index (χ1) is 18.8. The Morgan fingerprint density at radius 3 is 2.23 bits per heavy atom. The molecular formula is C29H33F3N6O. The van der Waals surface area contributed by atoms with Crippen LogP contribution in [0.5, 0.6) is 5.88 Å². The second-order valence-electron chi connectivity index (χ2n) is 10.1. The van der Waals surface area contributed by atoms with Crippen molar-refractivity contribution in [2.45, 2.75) is 50.6 Å². The first-order valence-corrected chi connectivity index (χ1v) is 13.3. The van der Waals surface area contributed by atoms with Gasteiger partial charge in [0.2, 0.25) is 5.88 Å². The van der Waals surface area contributed by atoms with Gasteiger partial charge in [-0.05, 0) is 54.8 Å². The van der Waals surface area contributed by atoms with Crippen molar-refractivity contribution in [3.05, 3.63) is 84.6 Å². The van der Waals surface area contributed by atoms with E-state index in [4.69, 9.17) is 4.74 Å². The minimum absolute atomic E-state index is 0.0190. The molecule has 0 unspecified atom stereocenters. The quantitative estimate of drug-likeness (QED) is 0.425. The Balaban J connectivity index is 1.04. The average Bonchev–Trinajstić information content (AvgIpc) is 2.95. The van der Waals surface area contributed by atoms with Gasteiger partial charge in [0.15, 0.2) is 0 Å². The highest BCUT2D eigenvalue weighted by atomic mass is 19.4. The van der Waals surface area contributed by atoms with Gasteiger partial charge in [0.25, 0.3) is 0 Å². The molecule has 7 nitrogen and oxygen atoms in total. The lowest BCUT2D eigenvalue weighted by molar-refractivity contribution is -0.137. The second kappa shape index (κ2) is 12.0.